The second-order valence-electron chi connectivity index (χ2n) is 7.79. The second kappa shape index (κ2) is 8.87. The van der Waals surface area contributed by atoms with E-state index in [1.165, 1.54) is 22.5 Å². The second-order valence-corrected chi connectivity index (χ2v) is 9.70. The number of piperidine rings is 1. The monoisotopic (exact) mass is 435 g/mol. The van der Waals surface area contributed by atoms with E-state index in [0.29, 0.717) is 25.9 Å². The molecular formula is C21H26FN3O4S. The van der Waals surface area contributed by atoms with Crippen LogP contribution in [0.5, 0.6) is 0 Å². The molecule has 0 N–H and O–H groups in total. The van der Waals surface area contributed by atoms with E-state index >= 15 is 0 Å². The van der Waals surface area contributed by atoms with Gasteiger partial charge in [0, 0.05) is 45.2 Å². The van der Waals surface area contributed by atoms with Crippen LogP contribution in [0, 0.1) is 11.7 Å². The molecule has 4 rings (SSSR count). The van der Waals surface area contributed by atoms with Gasteiger partial charge in [-0.25, -0.2) is 12.8 Å². The summed E-state index contributed by atoms with van der Waals surface area (Å²) in [4.78, 5) is 16.8. The lowest BCUT2D eigenvalue weighted by Crippen LogP contribution is -2.51. The number of furan rings is 1. The minimum atomic E-state index is -3.88. The van der Waals surface area contributed by atoms with E-state index in [4.69, 9.17) is 4.42 Å². The standard InChI is InChI=1S/C21H26FN3O4S/c22-19-5-1-2-6-20(19)30(27,28)25-9-7-17(8-10-25)21(26)24-13-11-23(12-14-24)16-18-4-3-15-29-18/h1-6,15,17H,7-14,16H2. The Morgan fingerprint density at radius 2 is 1.70 bits per heavy atom. The number of hydrogen-bond acceptors (Lipinski definition) is 5. The van der Waals surface area contributed by atoms with Crippen LogP contribution in [0.3, 0.4) is 0 Å². The zero-order chi connectivity index (χ0) is 21.1. The van der Waals surface area contributed by atoms with Gasteiger partial charge in [0.1, 0.15) is 16.5 Å². The molecule has 0 bridgehead atoms. The SMILES string of the molecule is O=C(C1CCN(S(=O)(=O)c2ccccc2F)CC1)N1CCN(Cc2ccco2)CC1. The molecule has 9 heteroatoms. The van der Waals surface area contributed by atoms with Crippen molar-refractivity contribution in [3.05, 3.63) is 54.2 Å². The van der Waals surface area contributed by atoms with E-state index in [9.17, 15) is 17.6 Å². The molecule has 162 valence electrons. The average molecular weight is 436 g/mol. The highest BCUT2D eigenvalue weighted by atomic mass is 32.2. The van der Waals surface area contributed by atoms with Gasteiger partial charge in [-0.2, -0.15) is 4.31 Å². The lowest BCUT2D eigenvalue weighted by molar-refractivity contribution is -0.138. The van der Waals surface area contributed by atoms with E-state index in [2.05, 4.69) is 4.90 Å². The molecule has 1 aromatic carbocycles. The van der Waals surface area contributed by atoms with Crippen molar-refractivity contribution in [2.45, 2.75) is 24.3 Å². The molecule has 2 aliphatic heterocycles. The Balaban J connectivity index is 1.29. The zero-order valence-corrected chi connectivity index (χ0v) is 17.6. The van der Waals surface area contributed by atoms with Gasteiger partial charge in [-0.15, -0.1) is 0 Å². The molecule has 2 saturated heterocycles. The van der Waals surface area contributed by atoms with Crippen molar-refractivity contribution in [1.82, 2.24) is 14.1 Å². The number of halogens is 1. The molecule has 2 aliphatic rings. The highest BCUT2D eigenvalue weighted by Crippen LogP contribution is 2.26. The highest BCUT2D eigenvalue weighted by molar-refractivity contribution is 7.89. The Kier molecular flexibility index (Phi) is 6.21. The molecule has 2 aromatic rings. The molecule has 0 saturated carbocycles. The Labute approximate surface area is 176 Å². The zero-order valence-electron chi connectivity index (χ0n) is 16.7. The third-order valence-electron chi connectivity index (χ3n) is 5.90. The number of nitrogens with zero attached hydrogens (tertiary/aromatic N) is 3. The summed E-state index contributed by atoms with van der Waals surface area (Å²) in [6.07, 6.45) is 2.58. The molecule has 7 nitrogen and oxygen atoms in total. The van der Waals surface area contributed by atoms with Crippen LogP contribution in [0.25, 0.3) is 0 Å². The van der Waals surface area contributed by atoms with Gasteiger partial charge in [0.15, 0.2) is 0 Å². The Bertz CT molecular complexity index is 964. The first-order chi connectivity index (χ1) is 14.4. The first kappa shape index (κ1) is 21.0. The summed E-state index contributed by atoms with van der Waals surface area (Å²) >= 11 is 0. The maximum Gasteiger partial charge on any atom is 0.245 e. The number of hydrogen-bond donors (Lipinski definition) is 0. The molecule has 3 heterocycles. The summed E-state index contributed by atoms with van der Waals surface area (Å²) in [7, 11) is -3.88. The molecule has 0 unspecified atom stereocenters. The van der Waals surface area contributed by atoms with Gasteiger partial charge >= 0.3 is 0 Å². The predicted molar refractivity (Wildman–Crippen MR) is 108 cm³/mol. The number of piperazine rings is 1. The first-order valence-corrected chi connectivity index (χ1v) is 11.7. The summed E-state index contributed by atoms with van der Waals surface area (Å²) in [5.74, 6) is 0.0746. The maximum atomic E-state index is 14.0. The fourth-order valence-electron chi connectivity index (χ4n) is 4.14. The van der Waals surface area contributed by atoms with Gasteiger partial charge in [0.05, 0.1) is 12.8 Å². The smallest absolute Gasteiger partial charge is 0.245 e. The van der Waals surface area contributed by atoms with Gasteiger partial charge in [-0.3, -0.25) is 9.69 Å². The van der Waals surface area contributed by atoms with Crippen molar-refractivity contribution in [1.29, 1.82) is 0 Å². The largest absolute Gasteiger partial charge is 0.468 e. The van der Waals surface area contributed by atoms with Crippen LogP contribution in [0.2, 0.25) is 0 Å². The Morgan fingerprint density at radius 1 is 1.00 bits per heavy atom. The molecular weight excluding hydrogens is 409 g/mol. The number of carbonyl (C=O) groups is 1. The van der Waals surface area contributed by atoms with Crippen molar-refractivity contribution in [3.8, 4) is 0 Å². The number of benzene rings is 1. The molecule has 2 fully saturated rings. The topological polar surface area (TPSA) is 74.1 Å². The molecule has 0 radical (unpaired) electrons. The van der Waals surface area contributed by atoms with Crippen molar-refractivity contribution in [3.63, 3.8) is 0 Å². The molecule has 30 heavy (non-hydrogen) atoms. The normalized spacial score (nSPS) is 19.8. The highest BCUT2D eigenvalue weighted by Gasteiger charge is 2.35. The van der Waals surface area contributed by atoms with E-state index < -0.39 is 15.8 Å². The van der Waals surface area contributed by atoms with Crippen LogP contribution in [-0.2, 0) is 21.4 Å². The summed E-state index contributed by atoms with van der Waals surface area (Å²) in [5, 5.41) is 0. The molecule has 0 atom stereocenters. The van der Waals surface area contributed by atoms with Gasteiger partial charge < -0.3 is 9.32 Å². The van der Waals surface area contributed by atoms with Crippen LogP contribution in [0.4, 0.5) is 4.39 Å². The van der Waals surface area contributed by atoms with E-state index in [1.807, 2.05) is 17.0 Å². The molecule has 1 aromatic heterocycles. The van der Waals surface area contributed by atoms with Crippen LogP contribution in [-0.4, -0.2) is 67.7 Å². The number of carbonyl (C=O) groups excluding carboxylic acids is 1. The molecule has 0 aliphatic carbocycles. The van der Waals surface area contributed by atoms with Gasteiger partial charge in [-0.1, -0.05) is 12.1 Å². The Hall–Kier alpha value is -2.23. The summed E-state index contributed by atoms with van der Waals surface area (Å²) in [6.45, 7) is 4.08. The fourth-order valence-corrected chi connectivity index (χ4v) is 5.68. The maximum absolute atomic E-state index is 14.0. The van der Waals surface area contributed by atoms with E-state index in [0.717, 1.165) is 31.5 Å². The number of rotatable bonds is 5. The van der Waals surface area contributed by atoms with Crippen molar-refractivity contribution in [2.24, 2.45) is 5.92 Å². The third kappa shape index (κ3) is 4.43. The number of sulfonamides is 1. The van der Waals surface area contributed by atoms with Crippen molar-refractivity contribution in [2.75, 3.05) is 39.3 Å². The predicted octanol–water partition coefficient (Wildman–Crippen LogP) is 2.16. The summed E-state index contributed by atoms with van der Waals surface area (Å²) < 4.78 is 46.1. The first-order valence-electron chi connectivity index (χ1n) is 10.2. The minimum Gasteiger partial charge on any atom is -0.468 e. The number of amides is 1. The van der Waals surface area contributed by atoms with Crippen molar-refractivity contribution >= 4 is 15.9 Å². The van der Waals surface area contributed by atoms with Crippen LogP contribution in [0.15, 0.2) is 52.0 Å². The fraction of sp³-hybridized carbons (Fsp3) is 0.476. The summed E-state index contributed by atoms with van der Waals surface area (Å²) in [6, 6.07) is 9.22. The van der Waals surface area contributed by atoms with Gasteiger partial charge in [0.25, 0.3) is 0 Å². The Morgan fingerprint density at radius 3 is 2.33 bits per heavy atom. The minimum absolute atomic E-state index is 0.0931. The quantitative estimate of drug-likeness (QED) is 0.720. The lowest BCUT2D eigenvalue weighted by Gasteiger charge is -2.38. The van der Waals surface area contributed by atoms with Crippen LogP contribution < -0.4 is 0 Å². The third-order valence-corrected chi connectivity index (χ3v) is 7.83. The summed E-state index contributed by atoms with van der Waals surface area (Å²) in [5.41, 5.74) is 0. The molecule has 1 amide bonds. The average Bonchev–Trinajstić information content (AvgIpc) is 3.27. The molecule has 0 spiro atoms. The van der Waals surface area contributed by atoms with Crippen molar-refractivity contribution < 1.29 is 22.0 Å². The van der Waals surface area contributed by atoms with Gasteiger partial charge in [-0.05, 0) is 37.1 Å². The van der Waals surface area contributed by atoms with E-state index in [1.54, 1.807) is 6.26 Å². The van der Waals surface area contributed by atoms with E-state index in [-0.39, 0.29) is 29.8 Å². The van der Waals surface area contributed by atoms with Crippen LogP contribution >= 0.6 is 0 Å². The lowest BCUT2D eigenvalue weighted by atomic mass is 9.96. The van der Waals surface area contributed by atoms with Crippen LogP contribution in [0.1, 0.15) is 18.6 Å². The van der Waals surface area contributed by atoms with Gasteiger partial charge in [0.2, 0.25) is 15.9 Å².